The molecule has 0 aliphatic carbocycles. The number of ether oxygens (including phenoxy) is 1. The minimum Gasteiger partial charge on any atom is -0.368 e. The molecule has 0 saturated carbocycles. The van der Waals surface area contributed by atoms with Gasteiger partial charge in [-0.1, -0.05) is 19.6 Å². The van der Waals surface area contributed by atoms with Crippen LogP contribution in [0.3, 0.4) is 0 Å². The van der Waals surface area contributed by atoms with Gasteiger partial charge in [-0.2, -0.15) is 0 Å². The van der Waals surface area contributed by atoms with Crippen molar-refractivity contribution in [3.05, 3.63) is 9.78 Å². The van der Waals surface area contributed by atoms with Gasteiger partial charge in [-0.15, -0.1) is 0 Å². The number of allylic oxidation sites excluding steroid dienone is 1. The maximum atomic E-state index is 6.93. The van der Waals surface area contributed by atoms with E-state index in [4.69, 9.17) is 10.1 Å². The zero-order valence-electron chi connectivity index (χ0n) is 9.06. The summed E-state index contributed by atoms with van der Waals surface area (Å²) in [5, 5.41) is 9.93. The summed E-state index contributed by atoms with van der Waals surface area (Å²) in [4.78, 5) is 0. The topological polar surface area (TPSA) is 45.1 Å². The molecule has 0 aromatic rings. The molecule has 0 atom stereocenters. The summed E-state index contributed by atoms with van der Waals surface area (Å²) in [7, 11) is -0.952. The second kappa shape index (κ2) is 7.41. The van der Waals surface area contributed by atoms with Crippen molar-refractivity contribution in [1.82, 2.24) is 5.32 Å². The van der Waals surface area contributed by atoms with E-state index in [9.17, 15) is 0 Å². The predicted octanol–water partition coefficient (Wildman–Crippen LogP) is 2.81. The van der Waals surface area contributed by atoms with E-state index < -0.39 is 8.07 Å². The molecule has 5 heteroatoms. The third-order valence-corrected chi connectivity index (χ3v) is 3.89. The highest BCUT2D eigenvalue weighted by molar-refractivity contribution is 14.1. The highest BCUT2D eigenvalue weighted by Gasteiger charge is 2.11. The van der Waals surface area contributed by atoms with E-state index in [0.717, 1.165) is 10.2 Å². The van der Waals surface area contributed by atoms with Crippen LogP contribution < -0.4 is 5.32 Å². The first kappa shape index (κ1) is 14.1. The number of nitrogens with one attached hydrogen (secondary N) is 2. The number of hydrogen-bond donors (Lipinski definition) is 2. The summed E-state index contributed by atoms with van der Waals surface area (Å²) >= 11 is 2.09. The molecule has 3 nitrogen and oxygen atoms in total. The summed E-state index contributed by atoms with van der Waals surface area (Å²) in [5.41, 5.74) is 0. The number of halogens is 1. The molecule has 14 heavy (non-hydrogen) atoms. The normalized spacial score (nSPS) is 12.7. The Morgan fingerprint density at radius 1 is 1.50 bits per heavy atom. The Balaban J connectivity index is 3.35. The van der Waals surface area contributed by atoms with Crippen LogP contribution >= 0.6 is 22.6 Å². The van der Waals surface area contributed by atoms with Crippen molar-refractivity contribution in [1.29, 1.82) is 5.41 Å². The van der Waals surface area contributed by atoms with E-state index >= 15 is 0 Å². The van der Waals surface area contributed by atoms with Crippen molar-refractivity contribution >= 4 is 36.9 Å². The van der Waals surface area contributed by atoms with Crippen molar-refractivity contribution in [3.63, 3.8) is 0 Å². The quantitative estimate of drug-likeness (QED) is 0.248. The average molecular weight is 326 g/mol. The van der Waals surface area contributed by atoms with E-state index in [2.05, 4.69) is 47.5 Å². The fraction of sp³-hybridized carbons (Fsp3) is 0.667. The molecule has 0 fully saturated rings. The molecule has 0 radical (unpaired) electrons. The molecular weight excluding hydrogens is 307 g/mol. The molecule has 0 aliphatic rings. The highest BCUT2D eigenvalue weighted by atomic mass is 127. The van der Waals surface area contributed by atoms with Crippen molar-refractivity contribution in [2.45, 2.75) is 25.7 Å². The lowest BCUT2D eigenvalue weighted by atomic mass is 10.7. The lowest BCUT2D eigenvalue weighted by Gasteiger charge is -2.15. The van der Waals surface area contributed by atoms with Gasteiger partial charge in [0.25, 0.3) is 0 Å². The molecule has 0 aromatic carbocycles. The molecule has 0 aliphatic heterocycles. The molecule has 0 unspecified atom stereocenters. The third-order valence-electron chi connectivity index (χ3n) is 1.56. The maximum absolute atomic E-state index is 6.93. The third kappa shape index (κ3) is 10.2. The van der Waals surface area contributed by atoms with Gasteiger partial charge in [-0.3, -0.25) is 0 Å². The first-order chi connectivity index (χ1) is 6.45. The number of rotatable bonds is 7. The molecular formula is C9H19IN2OSi. The van der Waals surface area contributed by atoms with Crippen LogP contribution in [0.4, 0.5) is 0 Å². The molecule has 0 spiro atoms. The van der Waals surface area contributed by atoms with Crippen molar-refractivity contribution in [2.75, 3.05) is 13.3 Å². The highest BCUT2D eigenvalue weighted by Crippen LogP contribution is 2.07. The van der Waals surface area contributed by atoms with Crippen LogP contribution in [0.15, 0.2) is 9.78 Å². The standard InChI is InChI=1S/C9H19IN2OSi/c1-14(2,3)5-4-13-8-12-7-9(10)6-11/h6-7,11-12H,4-5,8H2,1-3H3/b9-7+,11-6?. The SMILES string of the molecule is C[Si](C)(C)CCOCN/C=C(/I)C=N. The minimum atomic E-state index is -0.952. The van der Waals surface area contributed by atoms with Crippen molar-refractivity contribution in [2.24, 2.45) is 0 Å². The van der Waals surface area contributed by atoms with Gasteiger partial charge < -0.3 is 15.5 Å². The van der Waals surface area contributed by atoms with Gasteiger partial charge >= 0.3 is 0 Å². The van der Waals surface area contributed by atoms with E-state index in [1.54, 1.807) is 6.20 Å². The fourth-order valence-electron chi connectivity index (χ4n) is 0.690. The lowest BCUT2D eigenvalue weighted by molar-refractivity contribution is 0.137. The molecule has 2 N–H and O–H groups in total. The van der Waals surface area contributed by atoms with Crippen LogP contribution in [0.2, 0.25) is 25.7 Å². The van der Waals surface area contributed by atoms with Crippen LogP contribution in [0, 0.1) is 5.41 Å². The zero-order valence-corrected chi connectivity index (χ0v) is 12.2. The Kier molecular flexibility index (Phi) is 7.48. The lowest BCUT2D eigenvalue weighted by Crippen LogP contribution is -2.23. The Hall–Kier alpha value is 0.117. The van der Waals surface area contributed by atoms with E-state index in [1.807, 2.05) is 0 Å². The summed E-state index contributed by atoms with van der Waals surface area (Å²) in [6.07, 6.45) is 3.08. The van der Waals surface area contributed by atoms with Crippen LogP contribution in [0.1, 0.15) is 0 Å². The Morgan fingerprint density at radius 3 is 2.64 bits per heavy atom. The largest absolute Gasteiger partial charge is 0.368 e. The van der Waals surface area contributed by atoms with Crippen LogP contribution in [-0.2, 0) is 4.74 Å². The van der Waals surface area contributed by atoms with E-state index in [0.29, 0.717) is 6.73 Å². The van der Waals surface area contributed by atoms with Crippen LogP contribution in [0.5, 0.6) is 0 Å². The molecule has 0 aromatic heterocycles. The molecule has 0 rings (SSSR count). The number of hydrogen-bond acceptors (Lipinski definition) is 3. The second-order valence-corrected chi connectivity index (χ2v) is 11.1. The van der Waals surface area contributed by atoms with Crippen LogP contribution in [0.25, 0.3) is 0 Å². The molecule has 82 valence electrons. The Morgan fingerprint density at radius 2 is 2.14 bits per heavy atom. The first-order valence-electron chi connectivity index (χ1n) is 4.63. The summed E-state index contributed by atoms with van der Waals surface area (Å²) in [6, 6.07) is 1.19. The molecule has 0 amide bonds. The van der Waals surface area contributed by atoms with Gasteiger partial charge in [-0.05, 0) is 28.6 Å². The van der Waals surface area contributed by atoms with Crippen LogP contribution in [-0.4, -0.2) is 27.6 Å². The minimum absolute atomic E-state index is 0.533. The van der Waals surface area contributed by atoms with Gasteiger partial charge in [0.1, 0.15) is 6.73 Å². The summed E-state index contributed by atoms with van der Waals surface area (Å²) in [5.74, 6) is 0. The monoisotopic (exact) mass is 326 g/mol. The molecule has 0 bridgehead atoms. The average Bonchev–Trinajstić information content (AvgIpc) is 2.08. The van der Waals surface area contributed by atoms with Gasteiger partial charge in [0, 0.05) is 30.7 Å². The van der Waals surface area contributed by atoms with Gasteiger partial charge in [0.15, 0.2) is 0 Å². The summed E-state index contributed by atoms with van der Waals surface area (Å²) in [6.45, 7) is 8.37. The smallest absolute Gasteiger partial charge is 0.116 e. The van der Waals surface area contributed by atoms with E-state index in [-0.39, 0.29) is 0 Å². The van der Waals surface area contributed by atoms with Gasteiger partial charge in [-0.25, -0.2) is 0 Å². The molecule has 0 heterocycles. The van der Waals surface area contributed by atoms with Crippen molar-refractivity contribution in [3.8, 4) is 0 Å². The van der Waals surface area contributed by atoms with E-state index in [1.165, 1.54) is 12.3 Å². The first-order valence-corrected chi connectivity index (χ1v) is 9.41. The fourth-order valence-corrected chi connectivity index (χ4v) is 1.67. The Bertz CT molecular complexity index is 201. The maximum Gasteiger partial charge on any atom is 0.116 e. The van der Waals surface area contributed by atoms with Gasteiger partial charge in [0.2, 0.25) is 0 Å². The summed E-state index contributed by atoms with van der Waals surface area (Å²) < 4.78 is 6.28. The predicted molar refractivity (Wildman–Crippen MR) is 73.0 cm³/mol. The molecule has 0 saturated heterocycles. The second-order valence-electron chi connectivity index (χ2n) is 4.24. The zero-order chi connectivity index (χ0) is 11.0. The van der Waals surface area contributed by atoms with Crippen molar-refractivity contribution < 1.29 is 4.74 Å². The van der Waals surface area contributed by atoms with Gasteiger partial charge in [0.05, 0.1) is 0 Å². The Labute approximate surface area is 101 Å².